The highest BCUT2D eigenvalue weighted by atomic mass is 35.5. The SMILES string of the molecule is COC(=O)C1(NC(=O)[C@@H]2CC[C@H](CN)O2)CCC(C)CC1.Cl. The highest BCUT2D eigenvalue weighted by Crippen LogP contribution is 2.33. The average molecular weight is 335 g/mol. The Hall–Kier alpha value is -0.850. The molecular weight excluding hydrogens is 308 g/mol. The molecule has 1 heterocycles. The van der Waals surface area contributed by atoms with Gasteiger partial charge in [-0.2, -0.15) is 0 Å². The molecule has 0 aromatic rings. The third-order valence-electron chi connectivity index (χ3n) is 4.73. The van der Waals surface area contributed by atoms with Gasteiger partial charge in [-0.3, -0.25) is 4.79 Å². The molecule has 2 rings (SSSR count). The minimum Gasteiger partial charge on any atom is -0.467 e. The number of amides is 1. The Balaban J connectivity index is 0.00000242. The molecule has 0 aromatic carbocycles. The molecule has 0 spiro atoms. The number of hydrogen-bond acceptors (Lipinski definition) is 5. The molecule has 1 aliphatic carbocycles. The average Bonchev–Trinajstić information content (AvgIpc) is 2.98. The number of carbonyl (C=O) groups is 2. The Bertz CT molecular complexity index is 397. The van der Waals surface area contributed by atoms with Gasteiger partial charge in [0, 0.05) is 6.54 Å². The summed E-state index contributed by atoms with van der Waals surface area (Å²) >= 11 is 0. The van der Waals surface area contributed by atoms with Crippen LogP contribution in [0.25, 0.3) is 0 Å². The number of halogens is 1. The second-order valence-electron chi connectivity index (χ2n) is 6.31. The molecule has 2 fully saturated rings. The molecule has 1 aliphatic heterocycles. The molecular formula is C15H27ClN2O4. The van der Waals surface area contributed by atoms with E-state index < -0.39 is 11.6 Å². The quantitative estimate of drug-likeness (QED) is 0.753. The topological polar surface area (TPSA) is 90.7 Å². The van der Waals surface area contributed by atoms with E-state index in [0.29, 0.717) is 31.7 Å². The van der Waals surface area contributed by atoms with E-state index in [1.165, 1.54) is 7.11 Å². The first-order valence-corrected chi connectivity index (χ1v) is 7.76. The van der Waals surface area contributed by atoms with Crippen molar-refractivity contribution in [2.75, 3.05) is 13.7 Å². The van der Waals surface area contributed by atoms with Crippen LogP contribution in [0.15, 0.2) is 0 Å². The van der Waals surface area contributed by atoms with E-state index in [4.69, 9.17) is 15.2 Å². The van der Waals surface area contributed by atoms with Gasteiger partial charge >= 0.3 is 5.97 Å². The summed E-state index contributed by atoms with van der Waals surface area (Å²) in [5.74, 6) is 0.00561. The van der Waals surface area contributed by atoms with Gasteiger partial charge in [-0.25, -0.2) is 4.79 Å². The first-order chi connectivity index (χ1) is 10.0. The van der Waals surface area contributed by atoms with E-state index in [1.807, 2.05) is 0 Å². The van der Waals surface area contributed by atoms with Crippen molar-refractivity contribution in [3.8, 4) is 0 Å². The lowest BCUT2D eigenvalue weighted by atomic mass is 9.77. The van der Waals surface area contributed by atoms with Crippen LogP contribution in [0.4, 0.5) is 0 Å². The normalized spacial score (nSPS) is 34.6. The molecule has 7 heteroatoms. The van der Waals surface area contributed by atoms with Crippen LogP contribution in [0.3, 0.4) is 0 Å². The lowest BCUT2D eigenvalue weighted by Gasteiger charge is -2.38. The fraction of sp³-hybridized carbons (Fsp3) is 0.867. The summed E-state index contributed by atoms with van der Waals surface area (Å²) < 4.78 is 10.5. The highest BCUT2D eigenvalue weighted by molar-refractivity contribution is 5.90. The fourth-order valence-electron chi connectivity index (χ4n) is 3.22. The van der Waals surface area contributed by atoms with Gasteiger partial charge in [-0.05, 0) is 44.4 Å². The van der Waals surface area contributed by atoms with E-state index in [9.17, 15) is 9.59 Å². The number of hydrogen-bond donors (Lipinski definition) is 2. The van der Waals surface area contributed by atoms with E-state index in [2.05, 4.69) is 12.2 Å². The Morgan fingerprint density at radius 2 is 1.91 bits per heavy atom. The summed E-state index contributed by atoms with van der Waals surface area (Å²) in [7, 11) is 1.37. The van der Waals surface area contributed by atoms with Crippen molar-refractivity contribution in [2.24, 2.45) is 11.7 Å². The summed E-state index contributed by atoms with van der Waals surface area (Å²) in [5.41, 5.74) is 4.67. The molecule has 0 unspecified atom stereocenters. The van der Waals surface area contributed by atoms with Crippen LogP contribution in [0.2, 0.25) is 0 Å². The first-order valence-electron chi connectivity index (χ1n) is 7.76. The van der Waals surface area contributed by atoms with Crippen molar-refractivity contribution in [1.29, 1.82) is 0 Å². The van der Waals surface area contributed by atoms with Gasteiger partial charge in [0.1, 0.15) is 11.6 Å². The van der Waals surface area contributed by atoms with Crippen molar-refractivity contribution in [3.05, 3.63) is 0 Å². The molecule has 2 atom stereocenters. The van der Waals surface area contributed by atoms with Crippen molar-refractivity contribution < 1.29 is 19.1 Å². The zero-order valence-corrected chi connectivity index (χ0v) is 14.1. The molecule has 1 saturated heterocycles. The van der Waals surface area contributed by atoms with Crippen LogP contribution in [-0.4, -0.2) is 43.3 Å². The summed E-state index contributed by atoms with van der Waals surface area (Å²) in [6.07, 6.45) is 3.96. The van der Waals surface area contributed by atoms with Gasteiger partial charge in [0.15, 0.2) is 0 Å². The number of methoxy groups -OCH3 is 1. The minimum atomic E-state index is -0.886. The largest absolute Gasteiger partial charge is 0.467 e. The fourth-order valence-corrected chi connectivity index (χ4v) is 3.22. The molecule has 3 N–H and O–H groups in total. The van der Waals surface area contributed by atoms with Crippen molar-refractivity contribution >= 4 is 24.3 Å². The summed E-state index contributed by atoms with van der Waals surface area (Å²) in [6.45, 7) is 2.58. The predicted molar refractivity (Wildman–Crippen MR) is 84.7 cm³/mol. The molecule has 22 heavy (non-hydrogen) atoms. The maximum absolute atomic E-state index is 12.4. The standard InChI is InChI=1S/C15H26N2O4.ClH/c1-10-5-7-15(8-6-10,14(19)20-2)17-13(18)12-4-3-11(9-16)21-12;/h10-12H,3-9,16H2,1-2H3,(H,17,18);1H/t10?,11-,12+,15?;/m1./s1. The van der Waals surface area contributed by atoms with Gasteiger partial charge in [-0.1, -0.05) is 6.92 Å². The lowest BCUT2D eigenvalue weighted by Crippen LogP contribution is -2.58. The Morgan fingerprint density at radius 1 is 1.27 bits per heavy atom. The predicted octanol–water partition coefficient (Wildman–Crippen LogP) is 1.15. The Labute approximate surface area is 137 Å². The minimum absolute atomic E-state index is 0. The van der Waals surface area contributed by atoms with Crippen LogP contribution in [0.5, 0.6) is 0 Å². The third-order valence-corrected chi connectivity index (χ3v) is 4.73. The third kappa shape index (κ3) is 4.12. The molecule has 0 bridgehead atoms. The number of rotatable bonds is 4. The number of nitrogens with two attached hydrogens (primary N) is 1. The maximum Gasteiger partial charge on any atom is 0.331 e. The monoisotopic (exact) mass is 334 g/mol. The van der Waals surface area contributed by atoms with E-state index >= 15 is 0 Å². The maximum atomic E-state index is 12.4. The number of esters is 1. The highest BCUT2D eigenvalue weighted by Gasteiger charge is 2.45. The van der Waals surface area contributed by atoms with Gasteiger partial charge in [-0.15, -0.1) is 12.4 Å². The van der Waals surface area contributed by atoms with Gasteiger partial charge in [0.25, 0.3) is 0 Å². The molecule has 6 nitrogen and oxygen atoms in total. The van der Waals surface area contributed by atoms with Crippen LogP contribution in [0.1, 0.15) is 45.4 Å². The molecule has 2 aliphatic rings. The van der Waals surface area contributed by atoms with E-state index in [0.717, 1.165) is 19.3 Å². The zero-order chi connectivity index (χ0) is 15.5. The second-order valence-corrected chi connectivity index (χ2v) is 6.31. The number of nitrogens with one attached hydrogen (secondary N) is 1. The summed E-state index contributed by atoms with van der Waals surface area (Å²) in [4.78, 5) is 24.6. The molecule has 128 valence electrons. The van der Waals surface area contributed by atoms with E-state index in [-0.39, 0.29) is 30.4 Å². The summed E-state index contributed by atoms with van der Waals surface area (Å²) in [6, 6.07) is 0. The second kappa shape index (κ2) is 8.13. The van der Waals surface area contributed by atoms with Crippen molar-refractivity contribution in [2.45, 2.75) is 63.2 Å². The van der Waals surface area contributed by atoms with Crippen LogP contribution in [-0.2, 0) is 19.1 Å². The van der Waals surface area contributed by atoms with Gasteiger partial charge in [0.2, 0.25) is 5.91 Å². The van der Waals surface area contributed by atoms with Crippen molar-refractivity contribution in [3.63, 3.8) is 0 Å². The molecule has 1 amide bonds. The smallest absolute Gasteiger partial charge is 0.331 e. The van der Waals surface area contributed by atoms with Crippen LogP contribution in [0, 0.1) is 5.92 Å². The Kier molecular flexibility index (Phi) is 7.09. The molecule has 0 aromatic heterocycles. The number of ether oxygens (including phenoxy) is 2. The zero-order valence-electron chi connectivity index (χ0n) is 13.3. The van der Waals surface area contributed by atoms with Crippen LogP contribution >= 0.6 is 12.4 Å². The first kappa shape index (κ1) is 19.2. The van der Waals surface area contributed by atoms with Crippen molar-refractivity contribution in [1.82, 2.24) is 5.32 Å². The molecule has 0 radical (unpaired) electrons. The summed E-state index contributed by atoms with van der Waals surface area (Å²) in [5, 5.41) is 2.91. The Morgan fingerprint density at radius 3 is 2.41 bits per heavy atom. The lowest BCUT2D eigenvalue weighted by molar-refractivity contribution is -0.154. The number of carbonyl (C=O) groups excluding carboxylic acids is 2. The molecule has 1 saturated carbocycles. The van der Waals surface area contributed by atoms with Crippen LogP contribution < -0.4 is 11.1 Å². The van der Waals surface area contributed by atoms with Gasteiger partial charge in [0.05, 0.1) is 13.2 Å². The van der Waals surface area contributed by atoms with E-state index in [1.54, 1.807) is 0 Å². The van der Waals surface area contributed by atoms with Gasteiger partial charge < -0.3 is 20.5 Å².